The van der Waals surface area contributed by atoms with Gasteiger partial charge in [0.05, 0.1) is 4.88 Å². The Morgan fingerprint density at radius 1 is 1.12 bits per heavy atom. The monoisotopic (exact) mass is 491 g/mol. The number of ketones is 1. The van der Waals surface area contributed by atoms with Crippen LogP contribution in [-0.4, -0.2) is 42.0 Å². The van der Waals surface area contributed by atoms with Gasteiger partial charge in [0, 0.05) is 39.3 Å². The Morgan fingerprint density at radius 2 is 1.88 bits per heavy atom. The molecule has 1 aliphatic rings. The molecule has 34 heavy (non-hydrogen) atoms. The van der Waals surface area contributed by atoms with Crippen LogP contribution in [0.2, 0.25) is 5.02 Å². The van der Waals surface area contributed by atoms with Gasteiger partial charge in [-0.1, -0.05) is 30.7 Å². The van der Waals surface area contributed by atoms with E-state index in [0.29, 0.717) is 22.1 Å². The molecule has 1 fully saturated rings. The van der Waals surface area contributed by atoms with E-state index in [1.807, 2.05) is 30.3 Å². The number of carbonyl (C=O) groups is 1. The second kappa shape index (κ2) is 9.79. The molecule has 174 valence electrons. The lowest BCUT2D eigenvalue weighted by Crippen LogP contribution is -2.25. The van der Waals surface area contributed by atoms with Crippen LogP contribution < -0.4 is 4.74 Å². The van der Waals surface area contributed by atoms with E-state index < -0.39 is 0 Å². The van der Waals surface area contributed by atoms with Crippen molar-refractivity contribution in [3.63, 3.8) is 0 Å². The van der Waals surface area contributed by atoms with Crippen molar-refractivity contribution in [3.8, 4) is 22.6 Å². The van der Waals surface area contributed by atoms with E-state index in [1.54, 1.807) is 36.4 Å². The minimum absolute atomic E-state index is 0.0625. The zero-order chi connectivity index (χ0) is 23.7. The summed E-state index contributed by atoms with van der Waals surface area (Å²) in [7, 11) is 0. The number of nitrogens with zero attached hydrogens (tertiary/aromatic N) is 1. The van der Waals surface area contributed by atoms with Gasteiger partial charge in [-0.05, 0) is 79.0 Å². The van der Waals surface area contributed by atoms with Crippen molar-refractivity contribution in [3.05, 3.63) is 82.2 Å². The molecule has 0 bridgehead atoms. The molecule has 2 heterocycles. The largest absolute Gasteiger partial charge is 0.508 e. The fourth-order valence-electron chi connectivity index (χ4n) is 4.50. The standard InChI is InChI=1S/C28H26ClNO3S/c1-18-12-13-30(17-18)14-15-33-23-9-4-19(5-10-23)26-24-11-8-22(31)16-25(24)34-28(26)27(32)20-2-6-21(29)7-3-20/h2-11,16,18,31H,12-15,17H2,1H3/t18-/m0/s1. The molecule has 1 saturated heterocycles. The molecule has 4 aromatic rings. The van der Waals surface area contributed by atoms with E-state index in [1.165, 1.54) is 17.8 Å². The van der Waals surface area contributed by atoms with Gasteiger partial charge in [0.15, 0.2) is 0 Å². The number of benzene rings is 3. The maximum atomic E-state index is 13.4. The number of hydrogen-bond donors (Lipinski definition) is 1. The van der Waals surface area contributed by atoms with Crippen LogP contribution in [0.15, 0.2) is 66.7 Å². The van der Waals surface area contributed by atoms with Gasteiger partial charge in [0.1, 0.15) is 18.1 Å². The first-order valence-electron chi connectivity index (χ1n) is 11.5. The number of fused-ring (bicyclic) bond motifs is 1. The summed E-state index contributed by atoms with van der Waals surface area (Å²) in [5.74, 6) is 1.71. The number of phenolic OH excluding ortho intramolecular Hbond substituents is 1. The number of likely N-dealkylation sites (tertiary alicyclic amines) is 1. The van der Waals surface area contributed by atoms with E-state index in [9.17, 15) is 9.90 Å². The Hall–Kier alpha value is -2.86. The molecular weight excluding hydrogens is 466 g/mol. The van der Waals surface area contributed by atoms with E-state index in [2.05, 4.69) is 11.8 Å². The van der Waals surface area contributed by atoms with Crippen molar-refractivity contribution in [2.45, 2.75) is 13.3 Å². The number of ether oxygens (including phenoxy) is 1. The zero-order valence-electron chi connectivity index (χ0n) is 19.0. The second-order valence-corrected chi connectivity index (χ2v) is 10.4. The third-order valence-corrected chi connectivity index (χ3v) is 7.72. The Kier molecular flexibility index (Phi) is 6.59. The van der Waals surface area contributed by atoms with Gasteiger partial charge in [-0.25, -0.2) is 0 Å². The Bertz CT molecular complexity index is 1310. The maximum absolute atomic E-state index is 13.4. The zero-order valence-corrected chi connectivity index (χ0v) is 20.5. The summed E-state index contributed by atoms with van der Waals surface area (Å²) in [6, 6.07) is 20.1. The van der Waals surface area contributed by atoms with Crippen LogP contribution in [0.3, 0.4) is 0 Å². The van der Waals surface area contributed by atoms with Crippen molar-refractivity contribution in [1.29, 1.82) is 0 Å². The molecule has 1 N–H and O–H groups in total. The molecule has 0 amide bonds. The molecule has 1 atom stereocenters. The summed E-state index contributed by atoms with van der Waals surface area (Å²) < 4.78 is 6.85. The fourth-order valence-corrected chi connectivity index (χ4v) is 5.85. The first-order valence-corrected chi connectivity index (χ1v) is 12.7. The molecule has 0 aliphatic carbocycles. The van der Waals surface area contributed by atoms with E-state index in [-0.39, 0.29) is 11.5 Å². The smallest absolute Gasteiger partial charge is 0.203 e. The number of halogens is 1. The van der Waals surface area contributed by atoms with Gasteiger partial charge in [-0.2, -0.15) is 0 Å². The van der Waals surface area contributed by atoms with Crippen LogP contribution in [0.5, 0.6) is 11.5 Å². The lowest BCUT2D eigenvalue weighted by atomic mass is 9.98. The Balaban J connectivity index is 1.42. The summed E-state index contributed by atoms with van der Waals surface area (Å²) in [4.78, 5) is 16.5. The predicted octanol–water partition coefficient (Wildman–Crippen LogP) is 6.88. The third kappa shape index (κ3) is 4.83. The molecule has 4 nitrogen and oxygen atoms in total. The quantitative estimate of drug-likeness (QED) is 0.286. The second-order valence-electron chi connectivity index (χ2n) is 8.89. The fraction of sp³-hybridized carbons (Fsp3) is 0.250. The van der Waals surface area contributed by atoms with Gasteiger partial charge in [0.2, 0.25) is 5.78 Å². The minimum Gasteiger partial charge on any atom is -0.508 e. The number of thiophene rings is 1. The molecule has 0 unspecified atom stereocenters. The van der Waals surface area contributed by atoms with Gasteiger partial charge >= 0.3 is 0 Å². The van der Waals surface area contributed by atoms with Crippen LogP contribution >= 0.6 is 22.9 Å². The molecule has 1 aliphatic heterocycles. The van der Waals surface area contributed by atoms with Gasteiger partial charge in [0.25, 0.3) is 0 Å². The highest BCUT2D eigenvalue weighted by molar-refractivity contribution is 7.21. The van der Waals surface area contributed by atoms with Crippen LogP contribution in [0.25, 0.3) is 21.2 Å². The van der Waals surface area contributed by atoms with Crippen molar-refractivity contribution in [1.82, 2.24) is 4.90 Å². The highest BCUT2D eigenvalue weighted by Crippen LogP contribution is 2.41. The van der Waals surface area contributed by atoms with E-state index in [0.717, 1.165) is 52.5 Å². The summed E-state index contributed by atoms with van der Waals surface area (Å²) in [5.41, 5.74) is 2.39. The molecule has 6 heteroatoms. The number of phenols is 1. The summed E-state index contributed by atoms with van der Waals surface area (Å²) in [6.45, 7) is 6.18. The first kappa shape index (κ1) is 22.9. The highest BCUT2D eigenvalue weighted by Gasteiger charge is 2.22. The SMILES string of the molecule is C[C@H]1CCN(CCOc2ccc(-c3c(C(=O)c4ccc(Cl)cc4)sc4cc(O)ccc34)cc2)C1. The van der Waals surface area contributed by atoms with Gasteiger partial charge in [-0.3, -0.25) is 9.69 Å². The Morgan fingerprint density at radius 3 is 2.59 bits per heavy atom. The van der Waals surface area contributed by atoms with Crippen LogP contribution in [0.1, 0.15) is 28.6 Å². The van der Waals surface area contributed by atoms with Gasteiger partial charge in [-0.15, -0.1) is 11.3 Å². The van der Waals surface area contributed by atoms with Crippen LogP contribution in [0.4, 0.5) is 0 Å². The van der Waals surface area contributed by atoms with Crippen molar-refractivity contribution in [2.24, 2.45) is 5.92 Å². The van der Waals surface area contributed by atoms with Crippen molar-refractivity contribution in [2.75, 3.05) is 26.2 Å². The minimum atomic E-state index is -0.0625. The van der Waals surface area contributed by atoms with Crippen molar-refractivity contribution < 1.29 is 14.6 Å². The molecule has 0 radical (unpaired) electrons. The molecular formula is C28H26ClNO3S. The number of rotatable bonds is 7. The molecule has 0 saturated carbocycles. The third-order valence-electron chi connectivity index (χ3n) is 6.31. The van der Waals surface area contributed by atoms with Crippen LogP contribution in [0, 0.1) is 5.92 Å². The lowest BCUT2D eigenvalue weighted by molar-refractivity contribution is 0.104. The van der Waals surface area contributed by atoms with Crippen LogP contribution in [-0.2, 0) is 0 Å². The predicted molar refractivity (Wildman–Crippen MR) is 140 cm³/mol. The van der Waals surface area contributed by atoms with E-state index in [4.69, 9.17) is 16.3 Å². The normalized spacial score (nSPS) is 16.2. The summed E-state index contributed by atoms with van der Waals surface area (Å²) in [5, 5.41) is 11.5. The highest BCUT2D eigenvalue weighted by atomic mass is 35.5. The lowest BCUT2D eigenvalue weighted by Gasteiger charge is -2.15. The summed E-state index contributed by atoms with van der Waals surface area (Å²) in [6.07, 6.45) is 1.26. The molecule has 5 rings (SSSR count). The molecule has 3 aromatic carbocycles. The van der Waals surface area contributed by atoms with E-state index >= 15 is 0 Å². The Labute approximate surface area is 208 Å². The average molecular weight is 492 g/mol. The first-order chi connectivity index (χ1) is 16.5. The summed E-state index contributed by atoms with van der Waals surface area (Å²) >= 11 is 7.41. The molecule has 1 aromatic heterocycles. The maximum Gasteiger partial charge on any atom is 0.203 e. The average Bonchev–Trinajstić information content (AvgIpc) is 3.42. The number of aromatic hydroxyl groups is 1. The molecule has 0 spiro atoms. The van der Waals surface area contributed by atoms with Crippen molar-refractivity contribution >= 4 is 38.8 Å². The number of carbonyl (C=O) groups excluding carboxylic acids is 1. The topological polar surface area (TPSA) is 49.8 Å². The van der Waals surface area contributed by atoms with Gasteiger partial charge < -0.3 is 9.84 Å². The number of hydrogen-bond acceptors (Lipinski definition) is 5.